The first-order valence-corrected chi connectivity index (χ1v) is 9.80. The zero-order chi connectivity index (χ0) is 20.3. The summed E-state index contributed by atoms with van der Waals surface area (Å²) in [5, 5.41) is 0. The molecular formula is C21H29N5O2. The van der Waals surface area contributed by atoms with Gasteiger partial charge in [0.25, 0.3) is 0 Å². The lowest BCUT2D eigenvalue weighted by atomic mass is 10.2. The molecule has 0 N–H and O–H groups in total. The Morgan fingerprint density at radius 3 is 2.64 bits per heavy atom. The summed E-state index contributed by atoms with van der Waals surface area (Å²) in [6, 6.07) is 7.79. The maximum absolute atomic E-state index is 12.5. The smallest absolute Gasteiger partial charge is 0.410 e. The predicted molar refractivity (Wildman–Crippen MR) is 109 cm³/mol. The van der Waals surface area contributed by atoms with Crippen LogP contribution in [0.5, 0.6) is 0 Å². The average Bonchev–Trinajstić information content (AvgIpc) is 2.66. The number of anilines is 1. The molecule has 2 aromatic heterocycles. The molecule has 1 atom stereocenters. The quantitative estimate of drug-likeness (QED) is 0.807. The van der Waals surface area contributed by atoms with Crippen molar-refractivity contribution in [3.8, 4) is 11.5 Å². The Balaban J connectivity index is 1.79. The summed E-state index contributed by atoms with van der Waals surface area (Å²) in [6.45, 7) is 11.8. The molecule has 0 saturated carbocycles. The van der Waals surface area contributed by atoms with Crippen molar-refractivity contribution in [1.82, 2.24) is 19.9 Å². The van der Waals surface area contributed by atoms with Crippen LogP contribution in [-0.2, 0) is 11.2 Å². The van der Waals surface area contributed by atoms with Gasteiger partial charge >= 0.3 is 6.09 Å². The Bertz CT molecular complexity index is 819. The number of aryl methyl sites for hydroxylation is 1. The fourth-order valence-corrected chi connectivity index (χ4v) is 3.19. The number of hydrogen-bond donors (Lipinski definition) is 0. The number of ether oxygens (including phenoxy) is 1. The number of piperazine rings is 1. The highest BCUT2D eigenvalue weighted by Crippen LogP contribution is 2.23. The lowest BCUT2D eigenvalue weighted by molar-refractivity contribution is 0.0158. The van der Waals surface area contributed by atoms with Crippen LogP contribution in [0.4, 0.5) is 10.6 Å². The average molecular weight is 383 g/mol. The number of aromatic nitrogens is 3. The van der Waals surface area contributed by atoms with E-state index in [2.05, 4.69) is 21.8 Å². The van der Waals surface area contributed by atoms with E-state index in [1.807, 2.05) is 52.0 Å². The van der Waals surface area contributed by atoms with Gasteiger partial charge in [0.05, 0.1) is 0 Å². The number of carbonyl (C=O) groups is 1. The zero-order valence-corrected chi connectivity index (χ0v) is 17.3. The second-order valence-electron chi connectivity index (χ2n) is 8.08. The van der Waals surface area contributed by atoms with Gasteiger partial charge < -0.3 is 14.5 Å². The first-order valence-electron chi connectivity index (χ1n) is 9.80. The predicted octanol–water partition coefficient (Wildman–Crippen LogP) is 3.55. The Morgan fingerprint density at radius 1 is 1.25 bits per heavy atom. The summed E-state index contributed by atoms with van der Waals surface area (Å²) in [4.78, 5) is 30.2. The summed E-state index contributed by atoms with van der Waals surface area (Å²) in [7, 11) is 0. The molecule has 1 amide bonds. The molecule has 0 bridgehead atoms. The molecule has 150 valence electrons. The van der Waals surface area contributed by atoms with Crippen molar-refractivity contribution in [3.05, 3.63) is 36.2 Å². The van der Waals surface area contributed by atoms with Crippen LogP contribution in [-0.4, -0.2) is 57.2 Å². The molecule has 7 heteroatoms. The molecule has 1 saturated heterocycles. The maximum atomic E-state index is 12.5. The summed E-state index contributed by atoms with van der Waals surface area (Å²) >= 11 is 0. The van der Waals surface area contributed by atoms with E-state index in [-0.39, 0.29) is 12.1 Å². The summed E-state index contributed by atoms with van der Waals surface area (Å²) in [5.74, 6) is 1.51. The molecule has 28 heavy (non-hydrogen) atoms. The zero-order valence-electron chi connectivity index (χ0n) is 17.3. The first kappa shape index (κ1) is 20.0. The van der Waals surface area contributed by atoms with Crippen LogP contribution in [0.15, 0.2) is 30.5 Å². The summed E-state index contributed by atoms with van der Waals surface area (Å²) < 4.78 is 5.54. The van der Waals surface area contributed by atoms with E-state index in [4.69, 9.17) is 9.72 Å². The number of carbonyl (C=O) groups excluding carboxylic acids is 1. The van der Waals surface area contributed by atoms with E-state index in [1.165, 1.54) is 0 Å². The monoisotopic (exact) mass is 383 g/mol. The van der Waals surface area contributed by atoms with Gasteiger partial charge in [0.15, 0.2) is 5.82 Å². The standard InChI is InChI=1S/C21H29N5O2/c1-6-16-13-18(24-19(23-16)17-9-7-8-10-22-17)25-11-12-26(15(2)14-25)20(27)28-21(3,4)5/h7-10,13,15H,6,11-12,14H2,1-5H3/t15-/m1/s1. The summed E-state index contributed by atoms with van der Waals surface area (Å²) in [6.07, 6.45) is 2.31. The Morgan fingerprint density at radius 2 is 2.04 bits per heavy atom. The highest BCUT2D eigenvalue weighted by Gasteiger charge is 2.31. The minimum atomic E-state index is -0.492. The molecule has 1 aliphatic rings. The fraction of sp³-hybridized carbons (Fsp3) is 0.524. The second kappa shape index (κ2) is 8.12. The van der Waals surface area contributed by atoms with Crippen molar-refractivity contribution < 1.29 is 9.53 Å². The Hall–Kier alpha value is -2.70. The molecule has 3 heterocycles. The summed E-state index contributed by atoms with van der Waals surface area (Å²) in [5.41, 5.74) is 1.25. The lowest BCUT2D eigenvalue weighted by Gasteiger charge is -2.40. The molecular weight excluding hydrogens is 354 g/mol. The van der Waals surface area contributed by atoms with Crippen LogP contribution < -0.4 is 4.90 Å². The van der Waals surface area contributed by atoms with Crippen molar-refractivity contribution in [2.24, 2.45) is 0 Å². The lowest BCUT2D eigenvalue weighted by Crippen LogP contribution is -2.55. The van der Waals surface area contributed by atoms with Crippen molar-refractivity contribution >= 4 is 11.9 Å². The minimum absolute atomic E-state index is 0.0296. The highest BCUT2D eigenvalue weighted by atomic mass is 16.6. The van der Waals surface area contributed by atoms with E-state index in [0.717, 1.165) is 23.6 Å². The molecule has 0 spiro atoms. The van der Waals surface area contributed by atoms with E-state index < -0.39 is 5.60 Å². The second-order valence-corrected chi connectivity index (χ2v) is 8.08. The van der Waals surface area contributed by atoms with Gasteiger partial charge in [0.2, 0.25) is 0 Å². The molecule has 2 aromatic rings. The van der Waals surface area contributed by atoms with Crippen LogP contribution >= 0.6 is 0 Å². The van der Waals surface area contributed by atoms with Crippen molar-refractivity contribution in [1.29, 1.82) is 0 Å². The van der Waals surface area contributed by atoms with E-state index in [9.17, 15) is 4.79 Å². The minimum Gasteiger partial charge on any atom is -0.444 e. The maximum Gasteiger partial charge on any atom is 0.410 e. The number of rotatable bonds is 3. The van der Waals surface area contributed by atoms with Crippen molar-refractivity contribution in [3.63, 3.8) is 0 Å². The molecule has 0 radical (unpaired) electrons. The first-order chi connectivity index (χ1) is 13.3. The molecule has 7 nitrogen and oxygen atoms in total. The van der Waals surface area contributed by atoms with Crippen LogP contribution in [0, 0.1) is 0 Å². The normalized spacial score (nSPS) is 17.5. The van der Waals surface area contributed by atoms with Crippen LogP contribution in [0.2, 0.25) is 0 Å². The van der Waals surface area contributed by atoms with E-state index in [0.29, 0.717) is 25.5 Å². The largest absolute Gasteiger partial charge is 0.444 e. The number of nitrogens with zero attached hydrogens (tertiary/aromatic N) is 5. The molecule has 0 aliphatic carbocycles. The van der Waals surface area contributed by atoms with Crippen LogP contribution in [0.1, 0.15) is 40.3 Å². The third kappa shape index (κ3) is 4.77. The van der Waals surface area contributed by atoms with Crippen molar-refractivity contribution in [2.45, 2.75) is 52.7 Å². The van der Waals surface area contributed by atoms with Gasteiger partial charge in [0, 0.05) is 43.6 Å². The van der Waals surface area contributed by atoms with Crippen molar-refractivity contribution in [2.75, 3.05) is 24.5 Å². The highest BCUT2D eigenvalue weighted by molar-refractivity contribution is 5.69. The number of amides is 1. The van der Waals surface area contributed by atoms with Gasteiger partial charge in [-0.25, -0.2) is 14.8 Å². The molecule has 3 rings (SSSR count). The van der Waals surface area contributed by atoms with Gasteiger partial charge in [-0.05, 0) is 46.2 Å². The third-order valence-corrected chi connectivity index (χ3v) is 4.60. The van der Waals surface area contributed by atoms with Gasteiger partial charge in [-0.1, -0.05) is 13.0 Å². The van der Waals surface area contributed by atoms with Gasteiger partial charge in [-0.15, -0.1) is 0 Å². The fourth-order valence-electron chi connectivity index (χ4n) is 3.19. The van der Waals surface area contributed by atoms with Gasteiger partial charge in [0.1, 0.15) is 17.1 Å². The van der Waals surface area contributed by atoms with Gasteiger partial charge in [-0.2, -0.15) is 0 Å². The Labute approximate surface area is 166 Å². The van der Waals surface area contributed by atoms with E-state index in [1.54, 1.807) is 11.1 Å². The third-order valence-electron chi connectivity index (χ3n) is 4.60. The molecule has 1 fully saturated rings. The SMILES string of the molecule is CCc1cc(N2CCN(C(=O)OC(C)(C)C)[C@H](C)C2)nc(-c2ccccn2)n1. The topological polar surface area (TPSA) is 71.5 Å². The van der Waals surface area contributed by atoms with Crippen LogP contribution in [0.25, 0.3) is 11.5 Å². The van der Waals surface area contributed by atoms with Gasteiger partial charge in [-0.3, -0.25) is 4.98 Å². The van der Waals surface area contributed by atoms with E-state index >= 15 is 0 Å². The molecule has 1 aliphatic heterocycles. The van der Waals surface area contributed by atoms with Crippen LogP contribution in [0.3, 0.4) is 0 Å². The number of hydrogen-bond acceptors (Lipinski definition) is 6. The molecule has 0 aromatic carbocycles. The molecule has 0 unspecified atom stereocenters. The number of pyridine rings is 1. The Kier molecular flexibility index (Phi) is 5.82.